The van der Waals surface area contributed by atoms with E-state index >= 15 is 0 Å². The van der Waals surface area contributed by atoms with Gasteiger partial charge in [0.25, 0.3) is 0 Å². The first kappa shape index (κ1) is 13.4. The van der Waals surface area contributed by atoms with Crippen LogP contribution in [0.25, 0.3) is 0 Å². The van der Waals surface area contributed by atoms with Crippen LogP contribution in [0.15, 0.2) is 24.3 Å². The maximum atomic E-state index is 12.6. The van der Waals surface area contributed by atoms with Crippen LogP contribution in [0.5, 0.6) is 5.75 Å². The molecule has 1 heterocycles. The second-order valence-electron chi connectivity index (χ2n) is 5.45. The van der Waals surface area contributed by atoms with Crippen molar-refractivity contribution in [2.24, 2.45) is 0 Å². The molecule has 1 aliphatic heterocycles. The summed E-state index contributed by atoms with van der Waals surface area (Å²) in [6.07, 6.45) is 2.14. The molecule has 1 aromatic carbocycles. The lowest BCUT2D eigenvalue weighted by Crippen LogP contribution is -2.52. The number of hydrogen-bond donors (Lipinski definition) is 2. The van der Waals surface area contributed by atoms with Crippen molar-refractivity contribution >= 4 is 5.91 Å². The molecule has 1 saturated carbocycles. The molecule has 1 amide bonds. The van der Waals surface area contributed by atoms with Gasteiger partial charge in [-0.15, -0.1) is 0 Å². The molecule has 1 aliphatic carbocycles. The monoisotopic (exact) mass is 276 g/mol. The molecule has 2 aliphatic rings. The minimum atomic E-state index is -0.235. The lowest BCUT2D eigenvalue weighted by atomic mass is 10.1. The number of rotatable bonds is 4. The van der Waals surface area contributed by atoms with Gasteiger partial charge in [0.1, 0.15) is 11.8 Å². The molecule has 0 aromatic heterocycles. The molecule has 20 heavy (non-hydrogen) atoms. The Bertz CT molecular complexity index is 482. The normalized spacial score (nSPS) is 22.5. The van der Waals surface area contributed by atoms with Crippen molar-refractivity contribution in [3.63, 3.8) is 0 Å². The highest BCUT2D eigenvalue weighted by Crippen LogP contribution is 2.29. The molecule has 0 bridgehead atoms. The highest BCUT2D eigenvalue weighted by molar-refractivity contribution is 5.82. The number of nitrogens with zero attached hydrogens (tertiary/aromatic N) is 1. The number of ether oxygens (including phenoxy) is 1. The lowest BCUT2D eigenvalue weighted by Gasteiger charge is -2.30. The van der Waals surface area contributed by atoms with Gasteiger partial charge in [-0.3, -0.25) is 4.79 Å². The Labute approximate surface area is 118 Å². The van der Waals surface area contributed by atoms with Crippen LogP contribution < -0.4 is 5.32 Å². The SMILES string of the molecule is O=C(C1COCCN1)N(Cc1cccc(O)c1)C1CC1. The summed E-state index contributed by atoms with van der Waals surface area (Å²) in [6, 6.07) is 7.21. The topological polar surface area (TPSA) is 61.8 Å². The second-order valence-corrected chi connectivity index (χ2v) is 5.45. The number of aromatic hydroxyl groups is 1. The van der Waals surface area contributed by atoms with E-state index in [-0.39, 0.29) is 17.7 Å². The van der Waals surface area contributed by atoms with E-state index in [1.54, 1.807) is 12.1 Å². The van der Waals surface area contributed by atoms with Crippen molar-refractivity contribution in [3.8, 4) is 5.75 Å². The number of hydrogen-bond acceptors (Lipinski definition) is 4. The summed E-state index contributed by atoms with van der Waals surface area (Å²) in [7, 11) is 0. The standard InChI is InChI=1S/C15H20N2O3/c18-13-3-1-2-11(8-13)9-17(12-4-5-12)15(19)14-10-20-7-6-16-14/h1-3,8,12,14,16,18H,4-7,9-10H2. The minimum Gasteiger partial charge on any atom is -0.508 e. The van der Waals surface area contributed by atoms with Crippen molar-refractivity contribution in [1.82, 2.24) is 10.2 Å². The first-order chi connectivity index (χ1) is 9.74. The average Bonchev–Trinajstić information content (AvgIpc) is 3.30. The molecule has 0 spiro atoms. The van der Waals surface area contributed by atoms with Crippen LogP contribution in [0.3, 0.4) is 0 Å². The van der Waals surface area contributed by atoms with E-state index in [1.807, 2.05) is 17.0 Å². The maximum Gasteiger partial charge on any atom is 0.242 e. The number of carbonyl (C=O) groups is 1. The third-order valence-electron chi connectivity index (χ3n) is 3.75. The summed E-state index contributed by atoms with van der Waals surface area (Å²) < 4.78 is 5.37. The van der Waals surface area contributed by atoms with Gasteiger partial charge >= 0.3 is 0 Å². The number of benzene rings is 1. The highest BCUT2D eigenvalue weighted by Gasteiger charge is 2.36. The lowest BCUT2D eigenvalue weighted by molar-refractivity contribution is -0.137. The van der Waals surface area contributed by atoms with Gasteiger partial charge in [-0.1, -0.05) is 12.1 Å². The van der Waals surface area contributed by atoms with Gasteiger partial charge in [-0.05, 0) is 30.5 Å². The van der Waals surface area contributed by atoms with Crippen LogP contribution in [0, 0.1) is 0 Å². The van der Waals surface area contributed by atoms with E-state index in [0.717, 1.165) is 24.9 Å². The number of morpholine rings is 1. The molecule has 1 unspecified atom stereocenters. The van der Waals surface area contributed by atoms with Gasteiger partial charge < -0.3 is 20.1 Å². The van der Waals surface area contributed by atoms with Gasteiger partial charge in [-0.25, -0.2) is 0 Å². The molecule has 1 atom stereocenters. The Balaban J connectivity index is 1.70. The van der Waals surface area contributed by atoms with Crippen LogP contribution >= 0.6 is 0 Å². The summed E-state index contributed by atoms with van der Waals surface area (Å²) in [5.74, 6) is 0.348. The van der Waals surface area contributed by atoms with Crippen LogP contribution in [0.4, 0.5) is 0 Å². The molecule has 108 valence electrons. The fourth-order valence-electron chi connectivity index (χ4n) is 2.55. The van der Waals surface area contributed by atoms with Crippen LogP contribution in [0.1, 0.15) is 18.4 Å². The fourth-order valence-corrected chi connectivity index (χ4v) is 2.55. The molecule has 5 heteroatoms. The third-order valence-corrected chi connectivity index (χ3v) is 3.75. The Morgan fingerprint density at radius 1 is 1.45 bits per heavy atom. The van der Waals surface area contributed by atoms with E-state index in [4.69, 9.17) is 4.74 Å². The predicted molar refractivity (Wildman–Crippen MR) is 74.3 cm³/mol. The molecule has 3 rings (SSSR count). The molecular formula is C15H20N2O3. The summed E-state index contributed by atoms with van der Waals surface area (Å²) >= 11 is 0. The molecule has 1 saturated heterocycles. The first-order valence-electron chi connectivity index (χ1n) is 7.13. The van der Waals surface area contributed by atoms with E-state index in [2.05, 4.69) is 5.32 Å². The highest BCUT2D eigenvalue weighted by atomic mass is 16.5. The van der Waals surface area contributed by atoms with Crippen molar-refractivity contribution < 1.29 is 14.6 Å². The Kier molecular flexibility index (Phi) is 3.89. The number of phenols is 1. The largest absolute Gasteiger partial charge is 0.508 e. The molecule has 5 nitrogen and oxygen atoms in total. The zero-order chi connectivity index (χ0) is 13.9. The van der Waals surface area contributed by atoms with Crippen molar-refractivity contribution in [2.75, 3.05) is 19.8 Å². The number of nitrogens with one attached hydrogen (secondary N) is 1. The minimum absolute atomic E-state index is 0.107. The summed E-state index contributed by atoms with van der Waals surface area (Å²) in [5, 5.41) is 12.7. The molecular weight excluding hydrogens is 256 g/mol. The average molecular weight is 276 g/mol. The van der Waals surface area contributed by atoms with Crippen molar-refractivity contribution in [1.29, 1.82) is 0 Å². The summed E-state index contributed by atoms with van der Waals surface area (Å²) in [4.78, 5) is 14.5. The van der Waals surface area contributed by atoms with Gasteiger partial charge in [0.05, 0.1) is 13.2 Å². The molecule has 2 fully saturated rings. The number of amides is 1. The third kappa shape index (κ3) is 3.11. The Morgan fingerprint density at radius 2 is 2.30 bits per heavy atom. The number of phenolic OH excluding ortho intramolecular Hbond substituents is 1. The van der Waals surface area contributed by atoms with E-state index in [9.17, 15) is 9.90 Å². The zero-order valence-electron chi connectivity index (χ0n) is 11.4. The molecule has 0 radical (unpaired) electrons. The van der Waals surface area contributed by atoms with Gasteiger partial charge in [0.15, 0.2) is 0 Å². The van der Waals surface area contributed by atoms with Gasteiger partial charge in [0.2, 0.25) is 5.91 Å². The quantitative estimate of drug-likeness (QED) is 0.856. The number of carbonyl (C=O) groups excluding carboxylic acids is 1. The van der Waals surface area contributed by atoms with Crippen molar-refractivity contribution in [2.45, 2.75) is 31.5 Å². The van der Waals surface area contributed by atoms with Crippen LogP contribution in [0.2, 0.25) is 0 Å². The van der Waals surface area contributed by atoms with Gasteiger partial charge in [0, 0.05) is 19.1 Å². The predicted octanol–water partition coefficient (Wildman–Crippen LogP) is 0.872. The van der Waals surface area contributed by atoms with E-state index in [0.29, 0.717) is 25.8 Å². The molecule has 1 aromatic rings. The zero-order valence-corrected chi connectivity index (χ0v) is 11.4. The maximum absolute atomic E-state index is 12.6. The fraction of sp³-hybridized carbons (Fsp3) is 0.533. The Hall–Kier alpha value is -1.59. The summed E-state index contributed by atoms with van der Waals surface area (Å²) in [6.45, 7) is 2.39. The summed E-state index contributed by atoms with van der Waals surface area (Å²) in [5.41, 5.74) is 0.960. The van der Waals surface area contributed by atoms with Crippen molar-refractivity contribution in [3.05, 3.63) is 29.8 Å². The first-order valence-corrected chi connectivity index (χ1v) is 7.13. The smallest absolute Gasteiger partial charge is 0.242 e. The van der Waals surface area contributed by atoms with Crippen LogP contribution in [-0.2, 0) is 16.1 Å². The van der Waals surface area contributed by atoms with E-state index < -0.39 is 0 Å². The van der Waals surface area contributed by atoms with Crippen LogP contribution in [-0.4, -0.2) is 47.8 Å². The van der Waals surface area contributed by atoms with E-state index in [1.165, 1.54) is 0 Å². The van der Waals surface area contributed by atoms with Gasteiger partial charge in [-0.2, -0.15) is 0 Å². The second kappa shape index (κ2) is 5.81. The Morgan fingerprint density at radius 3 is 2.95 bits per heavy atom. The molecule has 2 N–H and O–H groups in total.